The van der Waals surface area contributed by atoms with Crippen molar-refractivity contribution in [1.82, 2.24) is 15.2 Å². The van der Waals surface area contributed by atoms with Gasteiger partial charge in [-0.2, -0.15) is 0 Å². The molecule has 1 aliphatic heterocycles. The second-order valence-electron chi connectivity index (χ2n) is 9.52. The molecule has 1 saturated heterocycles. The molecule has 11 heteroatoms. The van der Waals surface area contributed by atoms with Gasteiger partial charge in [-0.3, -0.25) is 19.5 Å². The minimum Gasteiger partial charge on any atom is -0.507 e. The van der Waals surface area contributed by atoms with E-state index in [0.29, 0.717) is 33.6 Å². The van der Waals surface area contributed by atoms with Gasteiger partial charge in [-0.05, 0) is 53.1 Å². The third-order valence-corrected chi connectivity index (χ3v) is 8.82. The highest BCUT2D eigenvalue weighted by atomic mass is 32.2. The van der Waals surface area contributed by atoms with Crippen molar-refractivity contribution in [2.45, 2.75) is 22.7 Å². The third kappa shape index (κ3) is 6.18. The number of hydrogen-bond donors (Lipinski definition) is 1. The van der Waals surface area contributed by atoms with Crippen LogP contribution in [-0.2, 0) is 21.9 Å². The molecule has 214 valence electrons. The number of Topliss-reactive ketones (excluding diaryl/α,β-unsaturated/α-hetero) is 1. The van der Waals surface area contributed by atoms with Gasteiger partial charge in [-0.15, -0.1) is 10.2 Å². The molecule has 6 rings (SSSR count). The summed E-state index contributed by atoms with van der Waals surface area (Å²) in [5.74, 6) is -1.26. The fourth-order valence-electron chi connectivity index (χ4n) is 4.61. The Hall–Kier alpha value is -4.87. The van der Waals surface area contributed by atoms with Crippen molar-refractivity contribution >= 4 is 45.7 Å². The molecule has 1 amide bonds. The molecule has 8 nitrogen and oxygen atoms in total. The minimum absolute atomic E-state index is 0.0767. The molecule has 5 aromatic rings. The quantitative estimate of drug-likeness (QED) is 0.0657. The van der Waals surface area contributed by atoms with Gasteiger partial charge in [0.05, 0.1) is 11.6 Å². The normalized spacial score (nSPS) is 16.0. The first kappa shape index (κ1) is 28.3. The largest absolute Gasteiger partial charge is 0.507 e. The lowest BCUT2D eigenvalue weighted by molar-refractivity contribution is -0.132. The van der Waals surface area contributed by atoms with Gasteiger partial charge in [0, 0.05) is 23.7 Å². The minimum atomic E-state index is -0.990. The number of amides is 1. The average molecular weight is 611 g/mol. The summed E-state index contributed by atoms with van der Waals surface area (Å²) in [5, 5.41) is 20.0. The first-order valence-corrected chi connectivity index (χ1v) is 15.0. The Bertz CT molecular complexity index is 1800. The monoisotopic (exact) mass is 610 g/mol. The highest BCUT2D eigenvalue weighted by molar-refractivity contribution is 8.00. The second kappa shape index (κ2) is 12.6. The number of thioether (sulfide) groups is 1. The molecule has 0 spiro atoms. The number of anilines is 1. The number of carbonyl (C=O) groups excluding carboxylic acids is 2. The lowest BCUT2D eigenvalue weighted by Crippen LogP contribution is -2.29. The van der Waals surface area contributed by atoms with Gasteiger partial charge < -0.3 is 9.84 Å². The molecule has 3 heterocycles. The van der Waals surface area contributed by atoms with E-state index < -0.39 is 17.7 Å². The van der Waals surface area contributed by atoms with E-state index >= 15 is 0 Å². The van der Waals surface area contributed by atoms with Gasteiger partial charge >= 0.3 is 5.91 Å². The van der Waals surface area contributed by atoms with Crippen molar-refractivity contribution < 1.29 is 23.8 Å². The summed E-state index contributed by atoms with van der Waals surface area (Å²) in [6.07, 6.45) is 2.99. The van der Waals surface area contributed by atoms with Gasteiger partial charge in [0.25, 0.3) is 5.78 Å². The Labute approximate surface area is 254 Å². The Morgan fingerprint density at radius 2 is 1.70 bits per heavy atom. The number of rotatable bonds is 9. The van der Waals surface area contributed by atoms with E-state index in [2.05, 4.69) is 15.2 Å². The zero-order chi connectivity index (χ0) is 29.8. The van der Waals surface area contributed by atoms with E-state index in [1.165, 1.54) is 41.2 Å². The lowest BCUT2D eigenvalue weighted by atomic mass is 9.95. The number of aromatic nitrogens is 3. The molecule has 1 aliphatic rings. The molecular weight excluding hydrogens is 588 g/mol. The maximum absolute atomic E-state index is 13.5. The number of pyridine rings is 1. The van der Waals surface area contributed by atoms with E-state index in [9.17, 15) is 19.1 Å². The first-order valence-electron chi connectivity index (χ1n) is 13.2. The van der Waals surface area contributed by atoms with Crippen LogP contribution in [0.2, 0.25) is 0 Å². The average Bonchev–Trinajstić information content (AvgIpc) is 3.62. The van der Waals surface area contributed by atoms with Crippen molar-refractivity contribution in [3.8, 4) is 5.75 Å². The summed E-state index contributed by atoms with van der Waals surface area (Å²) < 4.78 is 19.9. The SMILES string of the molecule is O=C1C(=O)N(c2nnc(SCc3ccc(F)cc3)s2)C(c2cccc(OCc3ccccc3)c2)/C1=C(\O)c1ccncc1. The van der Waals surface area contributed by atoms with Crippen LogP contribution >= 0.6 is 23.1 Å². The number of ketones is 1. The molecule has 3 aromatic carbocycles. The Morgan fingerprint density at radius 3 is 2.47 bits per heavy atom. The molecule has 0 bridgehead atoms. The van der Waals surface area contributed by atoms with Crippen LogP contribution in [0.15, 0.2) is 113 Å². The summed E-state index contributed by atoms with van der Waals surface area (Å²) in [7, 11) is 0. The summed E-state index contributed by atoms with van der Waals surface area (Å²) in [6.45, 7) is 0.326. The molecule has 1 N–H and O–H groups in total. The molecule has 0 aliphatic carbocycles. The maximum atomic E-state index is 13.5. The molecule has 43 heavy (non-hydrogen) atoms. The van der Waals surface area contributed by atoms with Crippen molar-refractivity contribution in [3.63, 3.8) is 0 Å². The fraction of sp³-hybridized carbons (Fsp3) is 0.0938. The fourth-order valence-corrected chi connectivity index (χ4v) is 6.43. The molecule has 2 aromatic heterocycles. The number of aliphatic hydroxyl groups is 1. The van der Waals surface area contributed by atoms with Crippen molar-refractivity contribution in [2.75, 3.05) is 4.90 Å². The van der Waals surface area contributed by atoms with Crippen LogP contribution in [-0.4, -0.2) is 32.0 Å². The van der Waals surface area contributed by atoms with Crippen LogP contribution in [0.25, 0.3) is 5.76 Å². The van der Waals surface area contributed by atoms with Crippen LogP contribution in [0, 0.1) is 5.82 Å². The third-order valence-electron chi connectivity index (χ3n) is 6.70. The van der Waals surface area contributed by atoms with Gasteiger partial charge in [-0.1, -0.05) is 77.7 Å². The number of carbonyl (C=O) groups is 2. The first-order chi connectivity index (χ1) is 21.0. The maximum Gasteiger partial charge on any atom is 0.301 e. The predicted molar refractivity (Wildman–Crippen MR) is 162 cm³/mol. The zero-order valence-corrected chi connectivity index (χ0v) is 24.1. The molecule has 1 unspecified atom stereocenters. The molecule has 1 atom stereocenters. The van der Waals surface area contributed by atoms with E-state index in [1.807, 2.05) is 30.3 Å². The Balaban J connectivity index is 1.35. The number of benzene rings is 3. The van der Waals surface area contributed by atoms with Gasteiger partial charge in [0.1, 0.15) is 23.9 Å². The van der Waals surface area contributed by atoms with Gasteiger partial charge in [0.15, 0.2) is 4.34 Å². The summed E-state index contributed by atoms with van der Waals surface area (Å²) in [4.78, 5) is 32.3. The van der Waals surface area contributed by atoms with Crippen LogP contribution in [0.4, 0.5) is 9.52 Å². The molecule has 0 radical (unpaired) electrons. The van der Waals surface area contributed by atoms with Crippen LogP contribution in [0.5, 0.6) is 5.75 Å². The number of ether oxygens (including phenoxy) is 1. The number of aliphatic hydroxyl groups excluding tert-OH is 1. The van der Waals surface area contributed by atoms with Crippen molar-refractivity contribution in [2.24, 2.45) is 0 Å². The van der Waals surface area contributed by atoms with E-state index in [4.69, 9.17) is 4.74 Å². The topological polar surface area (TPSA) is 106 Å². The summed E-state index contributed by atoms with van der Waals surface area (Å²) >= 11 is 2.53. The van der Waals surface area contributed by atoms with E-state index in [1.54, 1.807) is 48.5 Å². The summed E-state index contributed by atoms with van der Waals surface area (Å²) in [6, 6.07) is 25.1. The van der Waals surface area contributed by atoms with Crippen LogP contribution in [0.1, 0.15) is 28.3 Å². The number of hydrogen-bond acceptors (Lipinski definition) is 9. The highest BCUT2D eigenvalue weighted by Crippen LogP contribution is 2.44. The second-order valence-corrected chi connectivity index (χ2v) is 11.7. The lowest BCUT2D eigenvalue weighted by Gasteiger charge is -2.23. The predicted octanol–water partition coefficient (Wildman–Crippen LogP) is 6.57. The van der Waals surface area contributed by atoms with Crippen LogP contribution < -0.4 is 9.64 Å². The summed E-state index contributed by atoms with van der Waals surface area (Å²) in [5.41, 5.74) is 2.70. The Morgan fingerprint density at radius 1 is 0.930 bits per heavy atom. The van der Waals surface area contributed by atoms with Gasteiger partial charge in [0.2, 0.25) is 5.13 Å². The van der Waals surface area contributed by atoms with Crippen LogP contribution in [0.3, 0.4) is 0 Å². The van der Waals surface area contributed by atoms with Crippen molar-refractivity contribution in [1.29, 1.82) is 0 Å². The highest BCUT2D eigenvalue weighted by Gasteiger charge is 2.48. The molecule has 0 saturated carbocycles. The number of nitrogens with zero attached hydrogens (tertiary/aromatic N) is 4. The van der Waals surface area contributed by atoms with E-state index in [-0.39, 0.29) is 22.3 Å². The number of halogens is 1. The van der Waals surface area contributed by atoms with Gasteiger partial charge in [-0.25, -0.2) is 4.39 Å². The van der Waals surface area contributed by atoms with Crippen molar-refractivity contribution in [3.05, 3.63) is 137 Å². The standard InChI is InChI=1S/C32H23FN4O4S2/c33-24-11-9-21(10-12-24)19-42-32-36-35-31(43-32)37-27(26(29(39)30(37)40)28(38)22-13-15-34-16-14-22)23-7-4-8-25(17-23)41-18-20-5-2-1-3-6-20/h1-17,27,38H,18-19H2/b28-26+. The molecular formula is C32H23FN4O4S2. The Kier molecular flexibility index (Phi) is 8.25. The smallest absolute Gasteiger partial charge is 0.301 e. The zero-order valence-electron chi connectivity index (χ0n) is 22.5. The van der Waals surface area contributed by atoms with E-state index in [0.717, 1.165) is 22.5 Å². The molecule has 1 fully saturated rings.